The summed E-state index contributed by atoms with van der Waals surface area (Å²) in [6.45, 7) is 13.8. The van der Waals surface area contributed by atoms with Crippen molar-refractivity contribution in [1.29, 1.82) is 0 Å². The smallest absolute Gasteiger partial charge is 0.210 e. The summed E-state index contributed by atoms with van der Waals surface area (Å²) in [4.78, 5) is 25.5. The van der Waals surface area contributed by atoms with Gasteiger partial charge in [0, 0.05) is 62.9 Å². The molecule has 3 fully saturated rings. The third-order valence-corrected chi connectivity index (χ3v) is 13.0. The molecule has 1 atom stereocenters. The Bertz CT molecular complexity index is 1510. The quantitative estimate of drug-likeness (QED) is 0.385. The molecule has 0 bridgehead atoms. The highest BCUT2D eigenvalue weighted by Crippen LogP contribution is 2.38. The fraction of sp³-hybridized carbons (Fsp3) is 0.531. The van der Waals surface area contributed by atoms with E-state index in [4.69, 9.17) is 0 Å². The monoisotopic (exact) mass is 623 g/mol. The van der Waals surface area contributed by atoms with Gasteiger partial charge in [0.2, 0.25) is 18.9 Å². The van der Waals surface area contributed by atoms with Crippen molar-refractivity contribution in [2.45, 2.75) is 61.0 Å². The fourth-order valence-electron chi connectivity index (χ4n) is 7.23. The number of sulfone groups is 1. The maximum absolute atomic E-state index is 14.0. The molecule has 0 spiro atoms. The number of likely N-dealkylation sites (tertiary alicyclic amines) is 1. The highest BCUT2D eigenvalue weighted by atomic mass is 32.2. The second-order valence-electron chi connectivity index (χ2n) is 12.4. The molecule has 9 nitrogen and oxygen atoms in total. The molecule has 6 rings (SSSR count). The number of fused-ring (bicyclic) bond motifs is 1. The summed E-state index contributed by atoms with van der Waals surface area (Å²) in [6.07, 6.45) is 5.89. The standard InChI is InChI=1S/C32H45N5O4SSi/c1-3-34-18-20-36(21-19-34)25-10-14-35(15-11-25)24-12-16-37(17-13-24)32-29-22-28(43(2)41)8-9-30(29)33-23-31(32)42(39,40)27-6-4-26(38)5-7-27/h4-9,22-25,38,41,43H,3,10-21H2,1-2H3. The summed E-state index contributed by atoms with van der Waals surface area (Å²) in [5.41, 5.74) is 1.40. The number of pyridine rings is 1. The Hall–Kier alpha value is -2.54. The SMILES string of the molecule is CCN1CCN(C2CCN(C3CCN(c4c(S(=O)(=O)c5ccc(O)cc5)cnc5ccc([SiH](C)O)cc45)CC3)CC2)CC1. The average Bonchev–Trinajstić information content (AvgIpc) is 3.04. The summed E-state index contributed by atoms with van der Waals surface area (Å²) < 4.78 is 28.0. The van der Waals surface area contributed by atoms with Crippen LogP contribution in [0, 0.1) is 0 Å². The van der Waals surface area contributed by atoms with Gasteiger partial charge in [-0.15, -0.1) is 0 Å². The van der Waals surface area contributed by atoms with Crippen LogP contribution in [0.4, 0.5) is 5.69 Å². The van der Waals surface area contributed by atoms with Crippen LogP contribution in [0.25, 0.3) is 10.9 Å². The summed E-state index contributed by atoms with van der Waals surface area (Å²) in [7, 11) is -6.01. The largest absolute Gasteiger partial charge is 0.508 e. The Morgan fingerprint density at radius 2 is 1.47 bits per heavy atom. The normalized spacial score (nSPS) is 21.4. The third kappa shape index (κ3) is 6.34. The highest BCUT2D eigenvalue weighted by Gasteiger charge is 2.34. The molecule has 1 unspecified atom stereocenters. The first-order valence-corrected chi connectivity index (χ1v) is 19.6. The molecule has 2 N–H and O–H groups in total. The molecule has 3 saturated heterocycles. The molecule has 0 aliphatic carbocycles. The van der Waals surface area contributed by atoms with Gasteiger partial charge in [-0.2, -0.15) is 0 Å². The first kappa shape index (κ1) is 30.5. The van der Waals surface area contributed by atoms with Crippen LogP contribution in [0.3, 0.4) is 0 Å². The van der Waals surface area contributed by atoms with Gasteiger partial charge in [0.15, 0.2) is 0 Å². The maximum atomic E-state index is 14.0. The molecule has 0 radical (unpaired) electrons. The second kappa shape index (κ2) is 12.8. The van der Waals surface area contributed by atoms with E-state index in [9.17, 15) is 18.3 Å². The van der Waals surface area contributed by atoms with Gasteiger partial charge >= 0.3 is 0 Å². The fourth-order valence-corrected chi connectivity index (χ4v) is 9.44. The number of piperidine rings is 2. The minimum Gasteiger partial charge on any atom is -0.508 e. The number of rotatable bonds is 7. The van der Waals surface area contributed by atoms with E-state index >= 15 is 0 Å². The van der Waals surface area contributed by atoms with E-state index < -0.39 is 18.9 Å². The molecular weight excluding hydrogens is 579 g/mol. The lowest BCUT2D eigenvalue weighted by molar-refractivity contribution is 0.0449. The molecule has 0 amide bonds. The van der Waals surface area contributed by atoms with Crippen molar-refractivity contribution < 1.29 is 18.3 Å². The van der Waals surface area contributed by atoms with E-state index in [1.807, 2.05) is 24.7 Å². The molecule has 0 saturated carbocycles. The number of piperazine rings is 1. The minimum absolute atomic E-state index is 0.0208. The number of anilines is 1. The summed E-state index contributed by atoms with van der Waals surface area (Å²) in [5.74, 6) is 0.0208. The highest BCUT2D eigenvalue weighted by molar-refractivity contribution is 7.91. The number of nitrogens with zero attached hydrogens (tertiary/aromatic N) is 5. The van der Waals surface area contributed by atoms with Gasteiger partial charge in [-0.05, 0) is 93.4 Å². The van der Waals surface area contributed by atoms with Crippen LogP contribution >= 0.6 is 0 Å². The zero-order valence-electron chi connectivity index (χ0n) is 25.4. The van der Waals surface area contributed by atoms with E-state index in [0.29, 0.717) is 17.8 Å². The predicted molar refractivity (Wildman–Crippen MR) is 174 cm³/mol. The van der Waals surface area contributed by atoms with Gasteiger partial charge in [0.05, 0.1) is 16.1 Å². The van der Waals surface area contributed by atoms with Crippen molar-refractivity contribution in [3.63, 3.8) is 0 Å². The molecular formula is C32H45N5O4SSi. The zero-order chi connectivity index (χ0) is 30.1. The van der Waals surface area contributed by atoms with Gasteiger partial charge in [-0.1, -0.05) is 13.0 Å². The number of aromatic nitrogens is 1. The van der Waals surface area contributed by atoms with Gasteiger partial charge < -0.3 is 24.6 Å². The topological polar surface area (TPSA) is 100 Å². The van der Waals surface area contributed by atoms with Gasteiger partial charge in [-0.25, -0.2) is 8.42 Å². The van der Waals surface area contributed by atoms with Crippen LogP contribution < -0.4 is 10.1 Å². The van der Waals surface area contributed by atoms with E-state index in [-0.39, 0.29) is 15.5 Å². The first-order valence-electron chi connectivity index (χ1n) is 15.8. The molecule has 4 heterocycles. The molecule has 3 aromatic rings. The Kier molecular flexibility index (Phi) is 9.09. The lowest BCUT2D eigenvalue weighted by atomic mass is 9.96. The van der Waals surface area contributed by atoms with E-state index in [1.165, 1.54) is 69.5 Å². The minimum atomic E-state index is -3.90. The number of phenolic OH excluding ortho intramolecular Hbond substituents is 1. The van der Waals surface area contributed by atoms with Crippen LogP contribution in [0.5, 0.6) is 5.75 Å². The van der Waals surface area contributed by atoms with Crippen LogP contribution in [-0.4, -0.2) is 118 Å². The van der Waals surface area contributed by atoms with Gasteiger partial charge in [-0.3, -0.25) is 9.88 Å². The van der Waals surface area contributed by atoms with Crippen molar-refractivity contribution >= 4 is 40.7 Å². The summed E-state index contributed by atoms with van der Waals surface area (Å²) >= 11 is 0. The van der Waals surface area contributed by atoms with Crippen molar-refractivity contribution in [2.24, 2.45) is 0 Å². The lowest BCUT2D eigenvalue weighted by Crippen LogP contribution is -2.55. The molecule has 43 heavy (non-hydrogen) atoms. The number of hydrogen-bond acceptors (Lipinski definition) is 9. The first-order chi connectivity index (χ1) is 20.7. The molecule has 1 aromatic heterocycles. The van der Waals surface area contributed by atoms with Crippen molar-refractivity contribution in [3.8, 4) is 5.75 Å². The van der Waals surface area contributed by atoms with Gasteiger partial charge in [0.1, 0.15) is 10.6 Å². The summed E-state index contributed by atoms with van der Waals surface area (Å²) in [6, 6.07) is 12.6. The Balaban J connectivity index is 1.21. The van der Waals surface area contributed by atoms with E-state index in [0.717, 1.165) is 61.7 Å². The number of likely N-dealkylation sites (N-methyl/N-ethyl adjacent to an activating group) is 1. The van der Waals surface area contributed by atoms with Crippen molar-refractivity contribution in [2.75, 3.05) is 63.8 Å². The average molecular weight is 624 g/mol. The molecule has 3 aliphatic rings. The summed E-state index contributed by atoms with van der Waals surface area (Å²) in [5, 5.41) is 11.4. The Morgan fingerprint density at radius 3 is 2.07 bits per heavy atom. The van der Waals surface area contributed by atoms with E-state index in [2.05, 4.69) is 31.5 Å². The van der Waals surface area contributed by atoms with Crippen LogP contribution in [-0.2, 0) is 9.84 Å². The zero-order valence-corrected chi connectivity index (χ0v) is 27.4. The van der Waals surface area contributed by atoms with Crippen LogP contribution in [0.1, 0.15) is 32.6 Å². The number of phenols is 1. The Morgan fingerprint density at radius 1 is 0.860 bits per heavy atom. The molecule has 232 valence electrons. The van der Waals surface area contributed by atoms with Gasteiger partial charge in [0.25, 0.3) is 0 Å². The third-order valence-electron chi connectivity index (χ3n) is 9.92. The van der Waals surface area contributed by atoms with Crippen LogP contribution in [0.2, 0.25) is 6.55 Å². The number of hydrogen-bond donors (Lipinski definition) is 2. The molecule has 3 aliphatic heterocycles. The van der Waals surface area contributed by atoms with Crippen molar-refractivity contribution in [3.05, 3.63) is 48.7 Å². The Labute approximate surface area is 257 Å². The molecule has 2 aromatic carbocycles. The molecule has 11 heteroatoms. The second-order valence-corrected chi connectivity index (χ2v) is 16.3. The predicted octanol–water partition coefficient (Wildman–Crippen LogP) is 2.40. The van der Waals surface area contributed by atoms with E-state index in [1.54, 1.807) is 0 Å². The number of aromatic hydroxyl groups is 1. The maximum Gasteiger partial charge on any atom is 0.210 e. The number of benzene rings is 2. The lowest BCUT2D eigenvalue weighted by Gasteiger charge is -2.46. The van der Waals surface area contributed by atoms with Crippen LogP contribution in [0.15, 0.2) is 58.5 Å². The van der Waals surface area contributed by atoms with Crippen molar-refractivity contribution in [1.82, 2.24) is 19.7 Å².